The molecule has 0 radical (unpaired) electrons. The van der Waals surface area contributed by atoms with Crippen LogP contribution in [0.25, 0.3) is 16.6 Å². The molecule has 3 heterocycles. The molecule has 0 spiro atoms. The number of hydrogen-bond donors (Lipinski definition) is 0. The molecule has 150 valence electrons. The van der Waals surface area contributed by atoms with Crippen molar-refractivity contribution in [2.45, 2.75) is 0 Å². The Bertz CT molecular complexity index is 1310. The number of halogens is 1. The van der Waals surface area contributed by atoms with Gasteiger partial charge in [0.1, 0.15) is 5.65 Å². The van der Waals surface area contributed by atoms with E-state index >= 15 is 0 Å². The fourth-order valence-electron chi connectivity index (χ4n) is 3.89. The van der Waals surface area contributed by atoms with Crippen LogP contribution in [0.2, 0.25) is 5.02 Å². The van der Waals surface area contributed by atoms with Crippen molar-refractivity contribution >= 4 is 39.7 Å². The average Bonchev–Trinajstić information content (AvgIpc) is 2.79. The Morgan fingerprint density at radius 3 is 2.47 bits per heavy atom. The quantitative estimate of drug-likeness (QED) is 0.468. The van der Waals surface area contributed by atoms with Crippen LogP contribution in [-0.4, -0.2) is 46.4 Å². The maximum absolute atomic E-state index is 13.1. The first-order valence-electron chi connectivity index (χ1n) is 9.81. The molecule has 0 N–H and O–H groups in total. The number of benzene rings is 2. The van der Waals surface area contributed by atoms with E-state index < -0.39 is 0 Å². The van der Waals surface area contributed by atoms with Crippen molar-refractivity contribution in [2.24, 2.45) is 0 Å². The van der Waals surface area contributed by atoms with Gasteiger partial charge in [0.05, 0.1) is 16.5 Å². The third-order valence-electron chi connectivity index (χ3n) is 5.51. The summed E-state index contributed by atoms with van der Waals surface area (Å²) < 4.78 is 1.43. The van der Waals surface area contributed by atoms with Gasteiger partial charge in [0.2, 0.25) is 0 Å². The summed E-state index contributed by atoms with van der Waals surface area (Å²) in [6.45, 7) is 2.82. The van der Waals surface area contributed by atoms with Gasteiger partial charge in [-0.2, -0.15) is 0 Å². The number of para-hydroxylation sites is 1. The number of pyridine rings is 1. The lowest BCUT2D eigenvalue weighted by molar-refractivity contribution is 0.0746. The topological polar surface area (TPSA) is 57.9 Å². The summed E-state index contributed by atoms with van der Waals surface area (Å²) in [5.41, 5.74) is 2.46. The molecule has 1 amide bonds. The van der Waals surface area contributed by atoms with Crippen LogP contribution in [0.1, 0.15) is 10.4 Å². The first-order chi connectivity index (χ1) is 14.6. The number of hydrogen-bond acceptors (Lipinski definition) is 4. The van der Waals surface area contributed by atoms with Crippen molar-refractivity contribution in [3.05, 3.63) is 87.8 Å². The minimum absolute atomic E-state index is 0.0762. The van der Waals surface area contributed by atoms with Crippen LogP contribution in [0.15, 0.2) is 71.7 Å². The average molecular weight is 419 g/mol. The summed E-state index contributed by atoms with van der Waals surface area (Å²) in [4.78, 5) is 34.6. The van der Waals surface area contributed by atoms with Gasteiger partial charge in [0.15, 0.2) is 0 Å². The second-order valence-corrected chi connectivity index (χ2v) is 7.78. The SMILES string of the molecule is O=C(c1ccc2nc3cc(Cl)ccc3c(=O)n2c1)N1CCN(c2ccccc2)CC1. The molecule has 7 heteroatoms. The molecule has 2 aromatic heterocycles. The van der Waals surface area contributed by atoms with Gasteiger partial charge in [0, 0.05) is 43.1 Å². The molecule has 1 fully saturated rings. The molecular formula is C23H19ClN4O2. The van der Waals surface area contributed by atoms with E-state index in [-0.39, 0.29) is 11.5 Å². The Kier molecular flexibility index (Phi) is 4.64. The summed E-state index contributed by atoms with van der Waals surface area (Å²) in [6.07, 6.45) is 1.59. The molecule has 2 aromatic carbocycles. The smallest absolute Gasteiger partial charge is 0.265 e. The molecule has 0 unspecified atom stereocenters. The lowest BCUT2D eigenvalue weighted by Crippen LogP contribution is -2.48. The molecule has 1 saturated heterocycles. The number of rotatable bonds is 2. The third kappa shape index (κ3) is 3.29. The van der Waals surface area contributed by atoms with E-state index in [4.69, 9.17) is 11.6 Å². The Balaban J connectivity index is 1.41. The van der Waals surface area contributed by atoms with E-state index in [1.165, 1.54) is 10.1 Å². The Morgan fingerprint density at radius 1 is 0.933 bits per heavy atom. The lowest BCUT2D eigenvalue weighted by Gasteiger charge is -2.36. The second kappa shape index (κ2) is 7.46. The van der Waals surface area contributed by atoms with Gasteiger partial charge >= 0.3 is 0 Å². The lowest BCUT2D eigenvalue weighted by atomic mass is 10.2. The maximum Gasteiger partial charge on any atom is 0.265 e. The molecule has 30 heavy (non-hydrogen) atoms. The highest BCUT2D eigenvalue weighted by Crippen LogP contribution is 2.18. The molecule has 1 aliphatic rings. The highest BCUT2D eigenvalue weighted by molar-refractivity contribution is 6.31. The zero-order chi connectivity index (χ0) is 20.7. The van der Waals surface area contributed by atoms with E-state index in [0.717, 1.165) is 13.1 Å². The summed E-state index contributed by atoms with van der Waals surface area (Å²) in [7, 11) is 0. The van der Waals surface area contributed by atoms with Crippen molar-refractivity contribution in [3.8, 4) is 0 Å². The van der Waals surface area contributed by atoms with E-state index in [1.807, 2.05) is 23.1 Å². The van der Waals surface area contributed by atoms with Gasteiger partial charge in [-0.1, -0.05) is 29.8 Å². The van der Waals surface area contributed by atoms with Crippen LogP contribution in [-0.2, 0) is 0 Å². The Labute approximate surface area is 177 Å². The van der Waals surface area contributed by atoms with Gasteiger partial charge in [0.25, 0.3) is 11.5 Å². The van der Waals surface area contributed by atoms with Crippen LogP contribution in [0.3, 0.4) is 0 Å². The first-order valence-corrected chi connectivity index (χ1v) is 10.2. The molecule has 1 aliphatic heterocycles. The van der Waals surface area contributed by atoms with Crippen LogP contribution < -0.4 is 10.5 Å². The normalized spacial score (nSPS) is 14.4. The predicted molar refractivity (Wildman–Crippen MR) is 119 cm³/mol. The van der Waals surface area contributed by atoms with Crippen LogP contribution in [0, 0.1) is 0 Å². The minimum Gasteiger partial charge on any atom is -0.368 e. The van der Waals surface area contributed by atoms with Crippen molar-refractivity contribution in [1.82, 2.24) is 14.3 Å². The molecular weight excluding hydrogens is 400 g/mol. The van der Waals surface area contributed by atoms with E-state index in [0.29, 0.717) is 40.2 Å². The van der Waals surface area contributed by atoms with E-state index in [2.05, 4.69) is 22.0 Å². The fraction of sp³-hybridized carbons (Fsp3) is 0.174. The van der Waals surface area contributed by atoms with Crippen LogP contribution in [0.4, 0.5) is 5.69 Å². The first kappa shape index (κ1) is 18.6. The van der Waals surface area contributed by atoms with Gasteiger partial charge in [-0.05, 0) is 42.5 Å². The van der Waals surface area contributed by atoms with Crippen molar-refractivity contribution in [1.29, 1.82) is 0 Å². The molecule has 0 atom stereocenters. The molecule has 0 bridgehead atoms. The Morgan fingerprint density at radius 2 is 1.70 bits per heavy atom. The number of carbonyl (C=O) groups is 1. The Hall–Kier alpha value is -3.38. The van der Waals surface area contributed by atoms with Crippen LogP contribution >= 0.6 is 11.6 Å². The minimum atomic E-state index is -0.213. The van der Waals surface area contributed by atoms with Gasteiger partial charge in [-0.25, -0.2) is 4.98 Å². The molecule has 0 saturated carbocycles. The van der Waals surface area contributed by atoms with E-state index in [9.17, 15) is 9.59 Å². The summed E-state index contributed by atoms with van der Waals surface area (Å²) >= 11 is 6.02. The number of anilines is 1. The highest BCUT2D eigenvalue weighted by atomic mass is 35.5. The summed E-state index contributed by atoms with van der Waals surface area (Å²) in [5.74, 6) is -0.0762. The zero-order valence-electron chi connectivity index (χ0n) is 16.2. The van der Waals surface area contributed by atoms with Crippen molar-refractivity contribution < 1.29 is 4.79 Å². The zero-order valence-corrected chi connectivity index (χ0v) is 16.9. The van der Waals surface area contributed by atoms with Crippen molar-refractivity contribution in [2.75, 3.05) is 31.1 Å². The number of amides is 1. The van der Waals surface area contributed by atoms with E-state index in [1.54, 1.807) is 36.5 Å². The third-order valence-corrected chi connectivity index (χ3v) is 5.74. The van der Waals surface area contributed by atoms with Gasteiger partial charge in [-0.3, -0.25) is 14.0 Å². The van der Waals surface area contributed by atoms with Crippen LogP contribution in [0.5, 0.6) is 0 Å². The monoisotopic (exact) mass is 418 g/mol. The summed E-state index contributed by atoms with van der Waals surface area (Å²) in [5, 5.41) is 0.998. The molecule has 5 rings (SSSR count). The predicted octanol–water partition coefficient (Wildman–Crippen LogP) is 3.46. The highest BCUT2D eigenvalue weighted by Gasteiger charge is 2.23. The van der Waals surface area contributed by atoms with Crippen molar-refractivity contribution in [3.63, 3.8) is 0 Å². The van der Waals surface area contributed by atoms with Gasteiger partial charge < -0.3 is 9.80 Å². The fourth-order valence-corrected chi connectivity index (χ4v) is 4.06. The maximum atomic E-state index is 13.1. The number of piperazine rings is 1. The standard InChI is InChI=1S/C23H19ClN4O2/c24-17-7-8-19-20(14-17)25-21-9-6-16(15-28(21)23(19)30)22(29)27-12-10-26(11-13-27)18-4-2-1-3-5-18/h1-9,14-15H,10-13H2. The number of aromatic nitrogens is 2. The molecule has 6 nitrogen and oxygen atoms in total. The number of fused-ring (bicyclic) bond motifs is 2. The number of nitrogens with zero attached hydrogens (tertiary/aromatic N) is 4. The summed E-state index contributed by atoms with van der Waals surface area (Å²) in [6, 6.07) is 18.6. The van der Waals surface area contributed by atoms with Gasteiger partial charge in [-0.15, -0.1) is 0 Å². The molecule has 4 aromatic rings. The largest absolute Gasteiger partial charge is 0.368 e. The number of carbonyl (C=O) groups excluding carboxylic acids is 1. The second-order valence-electron chi connectivity index (χ2n) is 7.34. The molecule has 0 aliphatic carbocycles.